The largest absolute Gasteiger partial charge is 0.347 e. The van der Waals surface area contributed by atoms with E-state index < -0.39 is 5.82 Å². The van der Waals surface area contributed by atoms with Gasteiger partial charge in [0.2, 0.25) is 0 Å². The summed E-state index contributed by atoms with van der Waals surface area (Å²) < 4.78 is 13.3. The van der Waals surface area contributed by atoms with Crippen molar-refractivity contribution in [1.82, 2.24) is 5.32 Å². The van der Waals surface area contributed by atoms with Gasteiger partial charge in [0.25, 0.3) is 5.91 Å². The van der Waals surface area contributed by atoms with Crippen LogP contribution in [0, 0.1) is 12.7 Å². The molecule has 0 bridgehead atoms. The molecular weight excluding hydrogens is 253 g/mol. The van der Waals surface area contributed by atoms with E-state index in [2.05, 4.69) is 5.32 Å². The molecule has 0 spiro atoms. The van der Waals surface area contributed by atoms with E-state index in [1.807, 2.05) is 13.8 Å². The lowest BCUT2D eigenvalue weighted by Crippen LogP contribution is -2.45. The van der Waals surface area contributed by atoms with Gasteiger partial charge in [-0.3, -0.25) is 4.79 Å². The number of hydrogen-bond acceptors (Lipinski definition) is 1. The van der Waals surface area contributed by atoms with Gasteiger partial charge in [-0.2, -0.15) is 0 Å². The van der Waals surface area contributed by atoms with Crippen molar-refractivity contribution in [2.75, 3.05) is 5.88 Å². The Kier molecular flexibility index (Phi) is 5.15. The van der Waals surface area contributed by atoms with E-state index in [0.717, 1.165) is 12.0 Å². The minimum atomic E-state index is -0.393. The lowest BCUT2D eigenvalue weighted by Gasteiger charge is -2.29. The van der Waals surface area contributed by atoms with E-state index in [9.17, 15) is 9.18 Å². The van der Waals surface area contributed by atoms with Crippen LogP contribution < -0.4 is 5.32 Å². The molecule has 18 heavy (non-hydrogen) atoms. The molecule has 4 heteroatoms. The number of benzene rings is 1. The average Bonchev–Trinajstić information content (AvgIpc) is 2.28. The van der Waals surface area contributed by atoms with Crippen molar-refractivity contribution >= 4 is 17.5 Å². The van der Waals surface area contributed by atoms with Crippen LogP contribution in [0.4, 0.5) is 4.39 Å². The zero-order chi connectivity index (χ0) is 13.8. The third kappa shape index (κ3) is 3.98. The second-order valence-corrected chi connectivity index (χ2v) is 5.20. The van der Waals surface area contributed by atoms with Gasteiger partial charge in [-0.25, -0.2) is 4.39 Å². The smallest absolute Gasteiger partial charge is 0.251 e. The van der Waals surface area contributed by atoms with Gasteiger partial charge in [0.1, 0.15) is 5.82 Å². The van der Waals surface area contributed by atoms with Crippen LogP contribution in [-0.2, 0) is 0 Å². The number of hydrogen-bond donors (Lipinski definition) is 1. The summed E-state index contributed by atoms with van der Waals surface area (Å²) in [6.45, 7) is 5.70. The molecule has 1 aromatic carbocycles. The van der Waals surface area contributed by atoms with Gasteiger partial charge in [0.15, 0.2) is 0 Å². The highest BCUT2D eigenvalue weighted by molar-refractivity contribution is 6.17. The maximum atomic E-state index is 13.3. The molecule has 1 atom stereocenters. The Morgan fingerprint density at radius 1 is 1.44 bits per heavy atom. The van der Waals surface area contributed by atoms with Crippen molar-refractivity contribution in [2.45, 2.75) is 39.2 Å². The molecule has 0 saturated heterocycles. The highest BCUT2D eigenvalue weighted by Crippen LogP contribution is 2.17. The minimum Gasteiger partial charge on any atom is -0.347 e. The summed E-state index contributed by atoms with van der Waals surface area (Å²) in [6.07, 6.45) is 1.46. The molecule has 1 N–H and O–H groups in total. The molecule has 0 aliphatic carbocycles. The van der Waals surface area contributed by atoms with Crippen LogP contribution in [-0.4, -0.2) is 17.3 Å². The molecule has 0 heterocycles. The fourth-order valence-corrected chi connectivity index (χ4v) is 2.17. The van der Waals surface area contributed by atoms with Crippen LogP contribution in [0.5, 0.6) is 0 Å². The summed E-state index contributed by atoms with van der Waals surface area (Å²) >= 11 is 5.73. The molecule has 1 amide bonds. The van der Waals surface area contributed by atoms with Crippen molar-refractivity contribution in [3.05, 3.63) is 35.1 Å². The first kappa shape index (κ1) is 15.0. The van der Waals surface area contributed by atoms with Crippen molar-refractivity contribution in [2.24, 2.45) is 0 Å². The quantitative estimate of drug-likeness (QED) is 0.814. The van der Waals surface area contributed by atoms with Crippen molar-refractivity contribution < 1.29 is 9.18 Å². The topological polar surface area (TPSA) is 29.1 Å². The normalized spacial score (nSPS) is 14.1. The van der Waals surface area contributed by atoms with E-state index >= 15 is 0 Å². The first-order valence-electron chi connectivity index (χ1n) is 6.06. The van der Waals surface area contributed by atoms with Crippen LogP contribution in [0.25, 0.3) is 0 Å². The van der Waals surface area contributed by atoms with Crippen LogP contribution in [0.3, 0.4) is 0 Å². The van der Waals surface area contributed by atoms with Crippen molar-refractivity contribution in [1.29, 1.82) is 0 Å². The Morgan fingerprint density at radius 2 is 2.11 bits per heavy atom. The van der Waals surface area contributed by atoms with Gasteiger partial charge in [-0.1, -0.05) is 6.92 Å². The fourth-order valence-electron chi connectivity index (χ4n) is 1.75. The van der Waals surface area contributed by atoms with Crippen molar-refractivity contribution in [3.63, 3.8) is 0 Å². The maximum absolute atomic E-state index is 13.3. The summed E-state index contributed by atoms with van der Waals surface area (Å²) in [7, 11) is 0. The Labute approximate surface area is 113 Å². The minimum absolute atomic E-state index is 0.257. The Morgan fingerprint density at radius 3 is 2.61 bits per heavy atom. The summed E-state index contributed by atoms with van der Waals surface area (Å²) in [5.74, 6) is -0.171. The van der Waals surface area contributed by atoms with E-state index in [1.54, 1.807) is 13.0 Å². The monoisotopic (exact) mass is 271 g/mol. The van der Waals surface area contributed by atoms with Crippen LogP contribution in [0.2, 0.25) is 0 Å². The molecule has 1 unspecified atom stereocenters. The number of carbonyl (C=O) groups excluding carboxylic acids is 1. The molecule has 0 saturated carbocycles. The Bertz CT molecular complexity index is 416. The Hall–Kier alpha value is -1.09. The molecule has 100 valence electrons. The van der Waals surface area contributed by atoms with E-state index in [1.165, 1.54) is 12.1 Å². The van der Waals surface area contributed by atoms with E-state index in [0.29, 0.717) is 17.9 Å². The predicted molar refractivity (Wildman–Crippen MR) is 72.6 cm³/mol. The zero-order valence-electron chi connectivity index (χ0n) is 11.0. The first-order chi connectivity index (χ1) is 8.40. The summed E-state index contributed by atoms with van der Waals surface area (Å²) in [5.41, 5.74) is 0.733. The van der Waals surface area contributed by atoms with Gasteiger partial charge in [0.05, 0.1) is 0 Å². The number of carbonyl (C=O) groups is 1. The van der Waals surface area contributed by atoms with Gasteiger partial charge in [-0.05, 0) is 50.5 Å². The molecule has 2 nitrogen and oxygen atoms in total. The molecule has 0 radical (unpaired) electrons. The summed E-state index contributed by atoms with van der Waals surface area (Å²) in [5, 5.41) is 2.92. The predicted octanol–water partition coefficient (Wildman–Crippen LogP) is 3.66. The fraction of sp³-hybridized carbons (Fsp3) is 0.500. The van der Waals surface area contributed by atoms with Crippen LogP contribution in [0.1, 0.15) is 42.6 Å². The van der Waals surface area contributed by atoms with Crippen LogP contribution in [0.15, 0.2) is 18.2 Å². The summed E-state index contributed by atoms with van der Waals surface area (Å²) in [6, 6.07) is 4.32. The maximum Gasteiger partial charge on any atom is 0.251 e. The lowest BCUT2D eigenvalue weighted by molar-refractivity contribution is 0.0901. The Balaban J connectivity index is 2.87. The summed E-state index contributed by atoms with van der Waals surface area (Å²) in [4.78, 5) is 12.1. The van der Waals surface area contributed by atoms with Crippen molar-refractivity contribution in [3.8, 4) is 0 Å². The van der Waals surface area contributed by atoms with Gasteiger partial charge in [-0.15, -0.1) is 11.6 Å². The second-order valence-electron chi connectivity index (χ2n) is 4.82. The van der Waals surface area contributed by atoms with Gasteiger partial charge < -0.3 is 5.32 Å². The van der Waals surface area contributed by atoms with Gasteiger partial charge in [0, 0.05) is 17.0 Å². The number of alkyl halides is 1. The number of nitrogens with one attached hydrogen (secondary N) is 1. The lowest BCUT2D eigenvalue weighted by atomic mass is 9.95. The molecule has 1 rings (SSSR count). The highest BCUT2D eigenvalue weighted by Gasteiger charge is 2.24. The standard InChI is InChI=1S/C14H19ClFNO/c1-4-14(3,5-6-15)17-13(18)11-7-10(2)8-12(16)9-11/h7-9H,4-6H2,1-3H3,(H,17,18). The molecule has 1 aromatic rings. The third-order valence-electron chi connectivity index (χ3n) is 3.15. The molecule has 0 aliphatic rings. The molecular formula is C14H19ClFNO. The number of amides is 1. The molecule has 0 fully saturated rings. The van der Waals surface area contributed by atoms with Crippen LogP contribution >= 0.6 is 11.6 Å². The third-order valence-corrected chi connectivity index (χ3v) is 3.34. The zero-order valence-corrected chi connectivity index (χ0v) is 11.8. The second kappa shape index (κ2) is 6.19. The number of halogens is 2. The molecule has 0 aromatic heterocycles. The first-order valence-corrected chi connectivity index (χ1v) is 6.59. The SMILES string of the molecule is CCC(C)(CCCl)NC(=O)c1cc(C)cc(F)c1. The van der Waals surface area contributed by atoms with E-state index in [4.69, 9.17) is 11.6 Å². The number of aryl methyl sites for hydroxylation is 1. The van der Waals surface area contributed by atoms with E-state index in [-0.39, 0.29) is 11.4 Å². The van der Waals surface area contributed by atoms with Gasteiger partial charge >= 0.3 is 0 Å². The highest BCUT2D eigenvalue weighted by atomic mass is 35.5. The molecule has 0 aliphatic heterocycles. The number of rotatable bonds is 5. The average molecular weight is 272 g/mol.